The first-order chi connectivity index (χ1) is 17.6. The standard InChI is InChI=1S/C25H18FN9O/c1-2-19(36)31-15-6-14(8-28-9-15)22-21(26)20-17(12-30-22)34-35-24(20)25-32-18-11-29-10-16(23(18)33-25)13-4-3-5-27-7-13/h3-12H,2H2,1H3,(H,31,36)(H,32,33)(H,34,35). The van der Waals surface area contributed by atoms with Gasteiger partial charge in [0.2, 0.25) is 5.91 Å². The highest BCUT2D eigenvalue weighted by Gasteiger charge is 2.21. The number of halogens is 1. The summed E-state index contributed by atoms with van der Waals surface area (Å²) in [5.74, 6) is -0.365. The van der Waals surface area contributed by atoms with E-state index < -0.39 is 5.82 Å². The summed E-state index contributed by atoms with van der Waals surface area (Å²) in [6, 6.07) is 5.39. The summed E-state index contributed by atoms with van der Waals surface area (Å²) >= 11 is 0. The molecule has 6 aromatic rings. The number of carbonyl (C=O) groups is 1. The Morgan fingerprint density at radius 1 is 1.00 bits per heavy atom. The topological polar surface area (TPSA) is 138 Å². The highest BCUT2D eigenvalue weighted by atomic mass is 19.1. The maximum absolute atomic E-state index is 15.9. The number of hydrogen-bond donors (Lipinski definition) is 3. The van der Waals surface area contributed by atoms with Crippen molar-refractivity contribution in [2.75, 3.05) is 5.32 Å². The van der Waals surface area contributed by atoms with Gasteiger partial charge in [0.1, 0.15) is 16.9 Å². The first-order valence-corrected chi connectivity index (χ1v) is 11.1. The number of fused-ring (bicyclic) bond motifs is 2. The molecule has 0 radical (unpaired) electrons. The van der Waals surface area contributed by atoms with Crippen LogP contribution in [0, 0.1) is 5.82 Å². The maximum Gasteiger partial charge on any atom is 0.224 e. The van der Waals surface area contributed by atoms with Gasteiger partial charge >= 0.3 is 0 Å². The van der Waals surface area contributed by atoms with Crippen molar-refractivity contribution in [3.8, 4) is 33.9 Å². The first-order valence-electron chi connectivity index (χ1n) is 11.1. The number of aromatic nitrogens is 8. The molecule has 3 N–H and O–H groups in total. The number of nitrogens with one attached hydrogen (secondary N) is 3. The summed E-state index contributed by atoms with van der Waals surface area (Å²) in [4.78, 5) is 36.6. The van der Waals surface area contributed by atoms with Crippen LogP contribution in [0.4, 0.5) is 10.1 Å². The van der Waals surface area contributed by atoms with Crippen LogP contribution in [-0.4, -0.2) is 46.0 Å². The molecule has 0 saturated carbocycles. The van der Waals surface area contributed by atoms with Crippen LogP contribution in [0.3, 0.4) is 0 Å². The molecule has 0 bridgehead atoms. The number of aromatic amines is 2. The van der Waals surface area contributed by atoms with E-state index in [-0.39, 0.29) is 17.0 Å². The molecule has 0 spiro atoms. The van der Waals surface area contributed by atoms with Crippen LogP contribution in [-0.2, 0) is 4.79 Å². The lowest BCUT2D eigenvalue weighted by Crippen LogP contribution is -2.09. The van der Waals surface area contributed by atoms with E-state index in [1.165, 1.54) is 18.6 Å². The van der Waals surface area contributed by atoms with Gasteiger partial charge in [0.15, 0.2) is 11.6 Å². The molecule has 0 atom stereocenters. The third kappa shape index (κ3) is 3.63. The van der Waals surface area contributed by atoms with Crippen LogP contribution in [0.15, 0.2) is 61.6 Å². The van der Waals surface area contributed by atoms with E-state index in [2.05, 4.69) is 40.4 Å². The van der Waals surface area contributed by atoms with Crippen molar-refractivity contribution in [1.82, 2.24) is 40.1 Å². The number of hydrogen-bond acceptors (Lipinski definition) is 7. The predicted molar refractivity (Wildman–Crippen MR) is 132 cm³/mol. The summed E-state index contributed by atoms with van der Waals surface area (Å²) in [7, 11) is 0. The number of rotatable bonds is 5. The average molecular weight is 479 g/mol. The first kappa shape index (κ1) is 21.5. The minimum atomic E-state index is -0.580. The average Bonchev–Trinajstić information content (AvgIpc) is 3.54. The molecule has 176 valence electrons. The molecule has 6 aromatic heterocycles. The largest absolute Gasteiger partial charge is 0.335 e. The number of amides is 1. The highest BCUT2D eigenvalue weighted by molar-refractivity contribution is 5.98. The molecular formula is C25H18FN9O. The molecule has 0 aliphatic heterocycles. The lowest BCUT2D eigenvalue weighted by atomic mass is 10.1. The van der Waals surface area contributed by atoms with Crippen molar-refractivity contribution >= 4 is 33.5 Å². The highest BCUT2D eigenvalue weighted by Crippen LogP contribution is 2.34. The number of anilines is 1. The van der Waals surface area contributed by atoms with Crippen molar-refractivity contribution < 1.29 is 9.18 Å². The van der Waals surface area contributed by atoms with Gasteiger partial charge in [-0.2, -0.15) is 5.10 Å². The van der Waals surface area contributed by atoms with E-state index in [0.29, 0.717) is 45.7 Å². The number of nitrogens with zero attached hydrogens (tertiary/aromatic N) is 6. The second kappa shape index (κ2) is 8.62. The van der Waals surface area contributed by atoms with E-state index in [9.17, 15) is 4.79 Å². The molecule has 6 rings (SSSR count). The zero-order valence-corrected chi connectivity index (χ0v) is 19.0. The van der Waals surface area contributed by atoms with Gasteiger partial charge in [-0.05, 0) is 12.1 Å². The Balaban J connectivity index is 1.47. The summed E-state index contributed by atoms with van der Waals surface area (Å²) in [5, 5.41) is 10.1. The number of pyridine rings is 4. The van der Waals surface area contributed by atoms with E-state index in [1.54, 1.807) is 37.8 Å². The van der Waals surface area contributed by atoms with Gasteiger partial charge in [-0.1, -0.05) is 13.0 Å². The van der Waals surface area contributed by atoms with Crippen molar-refractivity contribution in [2.24, 2.45) is 0 Å². The molecule has 0 fully saturated rings. The minimum absolute atomic E-state index is 0.0825. The second-order valence-electron chi connectivity index (χ2n) is 8.06. The zero-order chi connectivity index (χ0) is 24.6. The SMILES string of the molecule is CCC(=O)Nc1cncc(-c2ncc3[nH]nc(-c4nc5c(-c6cccnc6)cncc5[nH]4)c3c2F)c1. The smallest absolute Gasteiger partial charge is 0.224 e. The zero-order valence-electron chi connectivity index (χ0n) is 19.0. The molecule has 10 nitrogen and oxygen atoms in total. The van der Waals surface area contributed by atoms with Crippen LogP contribution >= 0.6 is 0 Å². The van der Waals surface area contributed by atoms with Crippen LogP contribution in [0.1, 0.15) is 13.3 Å². The van der Waals surface area contributed by atoms with Gasteiger partial charge in [-0.25, -0.2) is 9.37 Å². The molecule has 0 aliphatic carbocycles. The van der Waals surface area contributed by atoms with E-state index in [4.69, 9.17) is 4.98 Å². The minimum Gasteiger partial charge on any atom is -0.335 e. The Bertz CT molecular complexity index is 1740. The fourth-order valence-corrected chi connectivity index (χ4v) is 4.01. The Morgan fingerprint density at radius 3 is 2.69 bits per heavy atom. The van der Waals surface area contributed by atoms with Crippen LogP contribution in [0.5, 0.6) is 0 Å². The van der Waals surface area contributed by atoms with Crippen LogP contribution < -0.4 is 5.32 Å². The lowest BCUT2D eigenvalue weighted by molar-refractivity contribution is -0.115. The van der Waals surface area contributed by atoms with Crippen molar-refractivity contribution in [2.45, 2.75) is 13.3 Å². The molecular weight excluding hydrogens is 461 g/mol. The van der Waals surface area contributed by atoms with Crippen LogP contribution in [0.25, 0.3) is 55.8 Å². The number of carbonyl (C=O) groups excluding carboxylic acids is 1. The molecule has 6 heterocycles. The predicted octanol–water partition coefficient (Wildman–Crippen LogP) is 4.51. The maximum atomic E-state index is 15.9. The molecule has 0 aliphatic rings. The molecule has 0 unspecified atom stereocenters. The quantitative estimate of drug-likeness (QED) is 0.331. The van der Waals surface area contributed by atoms with E-state index in [1.807, 2.05) is 12.1 Å². The summed E-state index contributed by atoms with van der Waals surface area (Å²) in [5.41, 5.74) is 4.69. The molecule has 11 heteroatoms. The van der Waals surface area contributed by atoms with Crippen molar-refractivity contribution in [1.29, 1.82) is 0 Å². The van der Waals surface area contributed by atoms with Crippen molar-refractivity contribution in [3.05, 3.63) is 67.4 Å². The van der Waals surface area contributed by atoms with Crippen LogP contribution in [0.2, 0.25) is 0 Å². The fraction of sp³-hybridized carbons (Fsp3) is 0.0800. The Kier molecular flexibility index (Phi) is 5.14. The third-order valence-electron chi connectivity index (χ3n) is 5.75. The number of imidazole rings is 1. The van der Waals surface area contributed by atoms with Crippen molar-refractivity contribution in [3.63, 3.8) is 0 Å². The summed E-state index contributed by atoms with van der Waals surface area (Å²) in [6.07, 6.45) is 11.6. The fourth-order valence-electron chi connectivity index (χ4n) is 4.01. The van der Waals surface area contributed by atoms with Gasteiger partial charge in [-0.15, -0.1) is 0 Å². The van der Waals surface area contributed by atoms with Gasteiger partial charge in [0, 0.05) is 47.9 Å². The summed E-state index contributed by atoms with van der Waals surface area (Å²) < 4.78 is 15.9. The second-order valence-corrected chi connectivity index (χ2v) is 8.06. The van der Waals surface area contributed by atoms with Gasteiger partial charge in [0.05, 0.1) is 40.7 Å². The Labute approximate surface area is 203 Å². The van der Waals surface area contributed by atoms with E-state index in [0.717, 1.165) is 11.1 Å². The monoisotopic (exact) mass is 479 g/mol. The number of H-pyrrole nitrogens is 2. The lowest BCUT2D eigenvalue weighted by Gasteiger charge is -2.07. The normalized spacial score (nSPS) is 11.3. The molecule has 1 amide bonds. The summed E-state index contributed by atoms with van der Waals surface area (Å²) in [6.45, 7) is 1.75. The Hall–Kier alpha value is -5.06. The molecule has 0 aromatic carbocycles. The van der Waals surface area contributed by atoms with Gasteiger partial charge in [-0.3, -0.25) is 29.8 Å². The molecule has 0 saturated heterocycles. The van der Waals surface area contributed by atoms with E-state index >= 15 is 4.39 Å². The molecule has 36 heavy (non-hydrogen) atoms. The Morgan fingerprint density at radius 2 is 1.86 bits per heavy atom. The third-order valence-corrected chi connectivity index (χ3v) is 5.75. The van der Waals surface area contributed by atoms with Gasteiger partial charge in [0.25, 0.3) is 0 Å². The van der Waals surface area contributed by atoms with Gasteiger partial charge < -0.3 is 10.3 Å².